The van der Waals surface area contributed by atoms with Crippen molar-refractivity contribution in [1.82, 2.24) is 19.3 Å². The van der Waals surface area contributed by atoms with Crippen LogP contribution in [0.1, 0.15) is 5.69 Å². The van der Waals surface area contributed by atoms with Gasteiger partial charge in [-0.15, -0.1) is 0 Å². The van der Waals surface area contributed by atoms with Crippen molar-refractivity contribution in [2.75, 3.05) is 38.1 Å². The first-order valence-corrected chi connectivity index (χ1v) is 9.40. The zero-order valence-corrected chi connectivity index (χ0v) is 15.9. The van der Waals surface area contributed by atoms with Crippen molar-refractivity contribution in [3.8, 4) is 11.5 Å². The van der Waals surface area contributed by atoms with E-state index in [0.717, 1.165) is 42.9 Å². The molecule has 1 saturated heterocycles. The molecule has 4 heterocycles. The monoisotopic (exact) mass is 375 g/mol. The SMILES string of the molecule is Cc1cn2cc(-c3cc4ccc(N5CCN(C)CC5)cc4c(=O)o3)nc2cn1. The van der Waals surface area contributed by atoms with Crippen LogP contribution in [0, 0.1) is 6.92 Å². The molecule has 0 aliphatic carbocycles. The minimum atomic E-state index is -0.338. The Morgan fingerprint density at radius 2 is 1.89 bits per heavy atom. The van der Waals surface area contributed by atoms with E-state index in [1.54, 1.807) is 6.20 Å². The van der Waals surface area contributed by atoms with Crippen LogP contribution in [0.2, 0.25) is 0 Å². The summed E-state index contributed by atoms with van der Waals surface area (Å²) in [4.78, 5) is 26.1. The van der Waals surface area contributed by atoms with Gasteiger partial charge in [0, 0.05) is 44.3 Å². The Kier molecular flexibility index (Phi) is 3.91. The number of imidazole rings is 1. The molecule has 1 aliphatic rings. The highest BCUT2D eigenvalue weighted by atomic mass is 16.4. The topological polar surface area (TPSA) is 66.9 Å². The molecule has 0 spiro atoms. The van der Waals surface area contributed by atoms with E-state index in [9.17, 15) is 4.79 Å². The van der Waals surface area contributed by atoms with Crippen molar-refractivity contribution < 1.29 is 4.42 Å². The average molecular weight is 375 g/mol. The van der Waals surface area contributed by atoms with Crippen LogP contribution in [0.5, 0.6) is 0 Å². The largest absolute Gasteiger partial charge is 0.421 e. The van der Waals surface area contributed by atoms with Gasteiger partial charge in [0.25, 0.3) is 0 Å². The molecular weight excluding hydrogens is 354 g/mol. The molecule has 0 radical (unpaired) electrons. The fourth-order valence-electron chi connectivity index (χ4n) is 3.68. The number of fused-ring (bicyclic) bond motifs is 2. The number of aromatic nitrogens is 3. The first-order valence-electron chi connectivity index (χ1n) is 9.40. The lowest BCUT2D eigenvalue weighted by molar-refractivity contribution is 0.313. The number of aryl methyl sites for hydroxylation is 1. The average Bonchev–Trinajstić information content (AvgIpc) is 3.11. The second kappa shape index (κ2) is 6.45. The Bertz CT molecular complexity index is 1230. The number of rotatable bonds is 2. The molecule has 28 heavy (non-hydrogen) atoms. The maximum absolute atomic E-state index is 12.7. The van der Waals surface area contributed by atoms with E-state index in [1.807, 2.05) is 41.9 Å². The molecule has 0 amide bonds. The highest BCUT2D eigenvalue weighted by molar-refractivity contribution is 5.87. The number of hydrogen-bond acceptors (Lipinski definition) is 6. The summed E-state index contributed by atoms with van der Waals surface area (Å²) in [6.07, 6.45) is 5.46. The van der Waals surface area contributed by atoms with Gasteiger partial charge < -0.3 is 18.6 Å². The summed E-state index contributed by atoms with van der Waals surface area (Å²) < 4.78 is 7.50. The number of piperazine rings is 1. The van der Waals surface area contributed by atoms with Gasteiger partial charge in [-0.25, -0.2) is 9.78 Å². The first kappa shape index (κ1) is 16.9. The van der Waals surface area contributed by atoms with Crippen molar-refractivity contribution in [3.05, 3.63) is 59.0 Å². The Labute approximate surface area is 161 Å². The predicted molar refractivity (Wildman–Crippen MR) is 109 cm³/mol. The van der Waals surface area contributed by atoms with E-state index in [0.29, 0.717) is 22.5 Å². The number of hydrogen-bond donors (Lipinski definition) is 0. The van der Waals surface area contributed by atoms with Crippen molar-refractivity contribution in [2.24, 2.45) is 0 Å². The molecule has 0 N–H and O–H groups in total. The number of nitrogens with zero attached hydrogens (tertiary/aromatic N) is 5. The lowest BCUT2D eigenvalue weighted by atomic mass is 10.1. The Hall–Kier alpha value is -3.19. The van der Waals surface area contributed by atoms with Crippen molar-refractivity contribution >= 4 is 22.1 Å². The summed E-state index contributed by atoms with van der Waals surface area (Å²) in [5, 5.41) is 1.46. The normalized spacial score (nSPS) is 15.6. The summed E-state index contributed by atoms with van der Waals surface area (Å²) >= 11 is 0. The summed E-state index contributed by atoms with van der Waals surface area (Å²) in [7, 11) is 2.13. The van der Waals surface area contributed by atoms with E-state index in [-0.39, 0.29) is 5.63 Å². The van der Waals surface area contributed by atoms with E-state index < -0.39 is 0 Å². The van der Waals surface area contributed by atoms with Gasteiger partial charge in [-0.1, -0.05) is 6.07 Å². The predicted octanol–water partition coefficient (Wildman–Crippen LogP) is 2.56. The molecule has 3 aromatic heterocycles. The van der Waals surface area contributed by atoms with Gasteiger partial charge in [-0.2, -0.15) is 0 Å². The molecule has 0 atom stereocenters. The van der Waals surface area contributed by atoms with Gasteiger partial charge in [-0.05, 0) is 37.6 Å². The molecule has 7 heteroatoms. The molecule has 4 aromatic rings. The molecule has 1 aliphatic heterocycles. The maximum Gasteiger partial charge on any atom is 0.344 e. The highest BCUT2D eigenvalue weighted by Gasteiger charge is 2.16. The van der Waals surface area contributed by atoms with Crippen LogP contribution in [-0.4, -0.2) is 52.5 Å². The van der Waals surface area contributed by atoms with Crippen molar-refractivity contribution in [2.45, 2.75) is 6.92 Å². The zero-order valence-electron chi connectivity index (χ0n) is 15.9. The lowest BCUT2D eigenvalue weighted by Gasteiger charge is -2.34. The molecule has 0 unspecified atom stereocenters. The first-order chi connectivity index (χ1) is 13.6. The van der Waals surface area contributed by atoms with E-state index in [4.69, 9.17) is 4.42 Å². The Morgan fingerprint density at radius 1 is 1.07 bits per heavy atom. The third-order valence-corrected chi connectivity index (χ3v) is 5.34. The van der Waals surface area contributed by atoms with Crippen LogP contribution in [0.3, 0.4) is 0 Å². The minimum absolute atomic E-state index is 0.338. The third-order valence-electron chi connectivity index (χ3n) is 5.34. The van der Waals surface area contributed by atoms with E-state index >= 15 is 0 Å². The van der Waals surface area contributed by atoms with Gasteiger partial charge in [-0.3, -0.25) is 4.98 Å². The van der Waals surface area contributed by atoms with Gasteiger partial charge in [0.2, 0.25) is 0 Å². The molecular formula is C21H21N5O2. The van der Waals surface area contributed by atoms with Crippen molar-refractivity contribution in [1.29, 1.82) is 0 Å². The Balaban J connectivity index is 1.55. The number of anilines is 1. The molecule has 0 saturated carbocycles. The van der Waals surface area contributed by atoms with E-state index in [1.165, 1.54) is 0 Å². The molecule has 0 bridgehead atoms. The number of benzene rings is 1. The van der Waals surface area contributed by atoms with Crippen LogP contribution >= 0.6 is 0 Å². The second-order valence-corrected chi connectivity index (χ2v) is 7.38. The number of likely N-dealkylation sites (N-methyl/N-ethyl adjacent to an activating group) is 1. The smallest absolute Gasteiger partial charge is 0.344 e. The summed E-state index contributed by atoms with van der Waals surface area (Å²) in [5.41, 5.74) is 2.96. The van der Waals surface area contributed by atoms with E-state index in [2.05, 4.69) is 32.9 Å². The van der Waals surface area contributed by atoms with Crippen LogP contribution in [0.25, 0.3) is 27.9 Å². The summed E-state index contributed by atoms with van der Waals surface area (Å²) in [6.45, 7) is 5.88. The molecule has 1 aromatic carbocycles. The van der Waals surface area contributed by atoms with Crippen LogP contribution < -0.4 is 10.5 Å². The highest BCUT2D eigenvalue weighted by Crippen LogP contribution is 2.25. The standard InChI is InChI=1S/C21H21N5O2/c1-14-12-26-13-18(23-20(26)11-22-14)19-9-15-3-4-16(10-17(15)21(27)28-19)25-7-5-24(2)6-8-25/h3-4,9-13H,5-8H2,1-2H3. The van der Waals surface area contributed by atoms with Gasteiger partial charge >= 0.3 is 5.63 Å². The quantitative estimate of drug-likeness (QED) is 0.536. The van der Waals surface area contributed by atoms with Crippen LogP contribution in [0.4, 0.5) is 5.69 Å². The second-order valence-electron chi connectivity index (χ2n) is 7.38. The van der Waals surface area contributed by atoms with Gasteiger partial charge in [0.15, 0.2) is 11.4 Å². The maximum atomic E-state index is 12.7. The molecule has 1 fully saturated rings. The fraction of sp³-hybridized carbons (Fsp3) is 0.286. The molecule has 142 valence electrons. The van der Waals surface area contributed by atoms with Crippen LogP contribution in [-0.2, 0) is 0 Å². The zero-order chi connectivity index (χ0) is 19.3. The molecule has 5 rings (SSSR count). The third kappa shape index (κ3) is 2.93. The lowest BCUT2D eigenvalue weighted by Crippen LogP contribution is -2.44. The Morgan fingerprint density at radius 3 is 2.71 bits per heavy atom. The van der Waals surface area contributed by atoms with Crippen molar-refractivity contribution in [3.63, 3.8) is 0 Å². The minimum Gasteiger partial charge on any atom is -0.421 e. The molecule has 7 nitrogen and oxygen atoms in total. The summed E-state index contributed by atoms with van der Waals surface area (Å²) in [6, 6.07) is 7.89. The van der Waals surface area contributed by atoms with Gasteiger partial charge in [0.1, 0.15) is 5.69 Å². The fourth-order valence-corrected chi connectivity index (χ4v) is 3.68. The summed E-state index contributed by atoms with van der Waals surface area (Å²) in [5.74, 6) is 0.464. The van der Waals surface area contributed by atoms with Gasteiger partial charge in [0.05, 0.1) is 17.3 Å². The van der Waals surface area contributed by atoms with Crippen LogP contribution in [0.15, 0.2) is 52.1 Å².